The lowest BCUT2D eigenvalue weighted by molar-refractivity contribution is -0.143. The fourth-order valence-corrected chi connectivity index (χ4v) is 2.76. The van der Waals surface area contributed by atoms with Gasteiger partial charge in [-0.15, -0.1) is 0 Å². The van der Waals surface area contributed by atoms with Crippen LogP contribution in [0.25, 0.3) is 0 Å². The van der Waals surface area contributed by atoms with E-state index in [0.717, 1.165) is 12.8 Å². The standard InChI is InChI=1S/C24H30N2O4/c1-18(2)24(29)26-21-13-6-12-20(17-21)25-22(27)14-7-15-23(28)30-16-8-11-19-9-4-3-5-10-19/h3-6,9-10,12-13,17-18H,7-8,11,14-16H2,1-2H3,(H,25,27)(H,26,29). The quantitative estimate of drug-likeness (QED) is 0.420. The Morgan fingerprint density at radius 1 is 0.867 bits per heavy atom. The van der Waals surface area contributed by atoms with Crippen LogP contribution < -0.4 is 10.6 Å². The van der Waals surface area contributed by atoms with Crippen molar-refractivity contribution in [2.45, 2.75) is 46.0 Å². The smallest absolute Gasteiger partial charge is 0.305 e. The first-order valence-electron chi connectivity index (χ1n) is 10.3. The number of amides is 2. The fraction of sp³-hybridized carbons (Fsp3) is 0.375. The first-order chi connectivity index (χ1) is 14.4. The maximum absolute atomic E-state index is 12.1. The molecule has 0 spiro atoms. The summed E-state index contributed by atoms with van der Waals surface area (Å²) in [6.07, 6.45) is 2.51. The molecule has 0 saturated heterocycles. The molecule has 0 aliphatic heterocycles. The topological polar surface area (TPSA) is 84.5 Å². The Kier molecular flexibility index (Phi) is 9.58. The molecule has 160 valence electrons. The van der Waals surface area contributed by atoms with E-state index in [1.54, 1.807) is 24.3 Å². The van der Waals surface area contributed by atoms with Crippen molar-refractivity contribution in [3.63, 3.8) is 0 Å². The Bertz CT molecular complexity index is 834. The number of carbonyl (C=O) groups excluding carboxylic acids is 3. The van der Waals surface area contributed by atoms with Gasteiger partial charge in [0.2, 0.25) is 11.8 Å². The molecule has 0 unspecified atom stereocenters. The van der Waals surface area contributed by atoms with Gasteiger partial charge in [-0.3, -0.25) is 14.4 Å². The van der Waals surface area contributed by atoms with Crippen molar-refractivity contribution in [3.8, 4) is 0 Å². The summed E-state index contributed by atoms with van der Waals surface area (Å²) in [5.41, 5.74) is 2.45. The molecule has 2 aromatic carbocycles. The molecule has 0 saturated carbocycles. The summed E-state index contributed by atoms with van der Waals surface area (Å²) in [6.45, 7) is 4.01. The minimum absolute atomic E-state index is 0.0826. The Hall–Kier alpha value is -3.15. The minimum Gasteiger partial charge on any atom is -0.466 e. The van der Waals surface area contributed by atoms with Crippen LogP contribution in [0.4, 0.5) is 11.4 Å². The first-order valence-corrected chi connectivity index (χ1v) is 10.3. The van der Waals surface area contributed by atoms with Crippen molar-refractivity contribution in [3.05, 3.63) is 60.2 Å². The van der Waals surface area contributed by atoms with E-state index in [2.05, 4.69) is 10.6 Å². The molecule has 0 heterocycles. The largest absolute Gasteiger partial charge is 0.466 e. The Morgan fingerprint density at radius 2 is 1.57 bits per heavy atom. The zero-order chi connectivity index (χ0) is 21.8. The summed E-state index contributed by atoms with van der Waals surface area (Å²) in [4.78, 5) is 35.7. The van der Waals surface area contributed by atoms with Gasteiger partial charge in [-0.05, 0) is 43.0 Å². The van der Waals surface area contributed by atoms with Gasteiger partial charge in [-0.25, -0.2) is 0 Å². The average Bonchev–Trinajstić information content (AvgIpc) is 2.72. The molecule has 2 aromatic rings. The Morgan fingerprint density at radius 3 is 2.27 bits per heavy atom. The molecule has 30 heavy (non-hydrogen) atoms. The van der Waals surface area contributed by atoms with Crippen LogP contribution in [0.5, 0.6) is 0 Å². The van der Waals surface area contributed by atoms with E-state index in [4.69, 9.17) is 4.74 Å². The number of aryl methyl sites for hydroxylation is 1. The first kappa shape index (κ1) is 23.1. The molecule has 0 aromatic heterocycles. The molecule has 6 nitrogen and oxygen atoms in total. The van der Waals surface area contributed by atoms with E-state index >= 15 is 0 Å². The minimum atomic E-state index is -0.283. The van der Waals surface area contributed by atoms with Crippen LogP contribution >= 0.6 is 0 Å². The molecule has 2 rings (SSSR count). The van der Waals surface area contributed by atoms with E-state index in [1.807, 2.05) is 44.2 Å². The predicted molar refractivity (Wildman–Crippen MR) is 118 cm³/mol. The molecule has 0 fully saturated rings. The third-order valence-corrected chi connectivity index (χ3v) is 4.44. The van der Waals surface area contributed by atoms with Crippen LogP contribution in [0.3, 0.4) is 0 Å². The number of rotatable bonds is 11. The summed E-state index contributed by atoms with van der Waals surface area (Å²) in [6, 6.07) is 17.0. The molecule has 0 radical (unpaired) electrons. The average molecular weight is 411 g/mol. The number of hydrogen-bond donors (Lipinski definition) is 2. The summed E-state index contributed by atoms with van der Waals surface area (Å²) in [5.74, 6) is -0.671. The van der Waals surface area contributed by atoms with E-state index < -0.39 is 0 Å². The Balaban J connectivity index is 1.62. The normalized spacial score (nSPS) is 10.5. The van der Waals surface area contributed by atoms with Gasteiger partial charge in [0.05, 0.1) is 6.61 Å². The predicted octanol–water partition coefficient (Wildman–Crippen LogP) is 4.57. The monoisotopic (exact) mass is 410 g/mol. The van der Waals surface area contributed by atoms with Crippen LogP contribution in [-0.4, -0.2) is 24.4 Å². The van der Waals surface area contributed by atoms with Crippen molar-refractivity contribution in [2.75, 3.05) is 17.2 Å². The van der Waals surface area contributed by atoms with Crippen molar-refractivity contribution < 1.29 is 19.1 Å². The lowest BCUT2D eigenvalue weighted by Gasteiger charge is -2.10. The number of anilines is 2. The lowest BCUT2D eigenvalue weighted by atomic mass is 10.1. The van der Waals surface area contributed by atoms with Gasteiger partial charge in [-0.2, -0.15) is 0 Å². The fourth-order valence-electron chi connectivity index (χ4n) is 2.76. The van der Waals surface area contributed by atoms with Crippen molar-refractivity contribution in [1.82, 2.24) is 0 Å². The maximum Gasteiger partial charge on any atom is 0.305 e. The van der Waals surface area contributed by atoms with Crippen LogP contribution in [-0.2, 0) is 25.5 Å². The third-order valence-electron chi connectivity index (χ3n) is 4.44. The molecule has 0 bridgehead atoms. The number of carbonyl (C=O) groups is 3. The zero-order valence-electron chi connectivity index (χ0n) is 17.6. The number of benzene rings is 2. The van der Waals surface area contributed by atoms with E-state index in [9.17, 15) is 14.4 Å². The van der Waals surface area contributed by atoms with Gasteiger partial charge >= 0.3 is 5.97 Å². The number of ether oxygens (including phenoxy) is 1. The Labute approximate surface area is 178 Å². The van der Waals surface area contributed by atoms with Crippen molar-refractivity contribution in [2.24, 2.45) is 5.92 Å². The van der Waals surface area contributed by atoms with Gasteiger partial charge in [0.1, 0.15) is 0 Å². The van der Waals surface area contributed by atoms with Crippen LogP contribution in [0, 0.1) is 5.92 Å². The molecular formula is C24H30N2O4. The van der Waals surface area contributed by atoms with E-state index in [-0.39, 0.29) is 36.5 Å². The number of esters is 1. The van der Waals surface area contributed by atoms with Crippen LogP contribution in [0.1, 0.15) is 45.1 Å². The highest BCUT2D eigenvalue weighted by Gasteiger charge is 2.09. The molecule has 6 heteroatoms. The summed E-state index contributed by atoms with van der Waals surface area (Å²) in [5, 5.41) is 5.58. The lowest BCUT2D eigenvalue weighted by Crippen LogP contribution is -2.18. The third kappa shape index (κ3) is 8.90. The summed E-state index contributed by atoms with van der Waals surface area (Å²) in [7, 11) is 0. The molecule has 2 amide bonds. The van der Waals surface area contributed by atoms with E-state index in [0.29, 0.717) is 24.4 Å². The van der Waals surface area contributed by atoms with Crippen LogP contribution in [0.15, 0.2) is 54.6 Å². The molecule has 0 aliphatic carbocycles. The van der Waals surface area contributed by atoms with Gasteiger partial charge in [0.15, 0.2) is 0 Å². The van der Waals surface area contributed by atoms with Gasteiger partial charge in [0, 0.05) is 30.1 Å². The second kappa shape index (κ2) is 12.4. The molecule has 0 aliphatic rings. The van der Waals surface area contributed by atoms with E-state index in [1.165, 1.54) is 5.56 Å². The van der Waals surface area contributed by atoms with Crippen molar-refractivity contribution >= 4 is 29.2 Å². The SMILES string of the molecule is CC(C)C(=O)Nc1cccc(NC(=O)CCCC(=O)OCCCc2ccccc2)c1. The molecular weight excluding hydrogens is 380 g/mol. The summed E-state index contributed by atoms with van der Waals surface area (Å²) >= 11 is 0. The van der Waals surface area contributed by atoms with Gasteiger partial charge in [-0.1, -0.05) is 50.2 Å². The highest BCUT2D eigenvalue weighted by atomic mass is 16.5. The highest BCUT2D eigenvalue weighted by Crippen LogP contribution is 2.16. The maximum atomic E-state index is 12.1. The zero-order valence-corrected chi connectivity index (χ0v) is 17.6. The second-order valence-corrected chi connectivity index (χ2v) is 7.44. The molecule has 2 N–H and O–H groups in total. The number of hydrogen-bond acceptors (Lipinski definition) is 4. The van der Waals surface area contributed by atoms with Crippen molar-refractivity contribution in [1.29, 1.82) is 0 Å². The number of nitrogens with one attached hydrogen (secondary N) is 2. The second-order valence-electron chi connectivity index (χ2n) is 7.44. The van der Waals surface area contributed by atoms with Gasteiger partial charge < -0.3 is 15.4 Å². The van der Waals surface area contributed by atoms with Gasteiger partial charge in [0.25, 0.3) is 0 Å². The molecule has 0 atom stereocenters. The van der Waals surface area contributed by atoms with Crippen LogP contribution in [0.2, 0.25) is 0 Å². The highest BCUT2D eigenvalue weighted by molar-refractivity contribution is 5.94. The summed E-state index contributed by atoms with van der Waals surface area (Å²) < 4.78 is 5.22.